The van der Waals surface area contributed by atoms with Crippen molar-refractivity contribution in [1.29, 1.82) is 0 Å². The molecule has 1 aromatic heterocycles. The SMILES string of the molecule is COc1ccc(-n2cc(CO[C@@H]3C[C@H]4C(=O)N5CCN(C6CCOCC6)C[C@H]5COc5ccc(C(F)(F)F)cc5C(=O)N4C3)nn2)cc1. The molecule has 3 atom stereocenters. The second kappa shape index (κ2) is 13.4. The standard InChI is InChI=1S/C33H37F3N6O6/c1-45-26-5-3-24(4-6-26)42-16-22(37-38-42)19-47-27-15-29-32(44)40-11-10-39(23-8-12-46-13-9-23)17-25(40)20-48-30-7-2-21(33(34,35)36)14-28(30)31(43)41(29)18-27/h2-7,14,16,23,25,27,29H,8-13,15,17-20H2,1H3/t25-,27+,29-/m0/s1. The quantitative estimate of drug-likeness (QED) is 0.391. The van der Waals surface area contributed by atoms with E-state index in [9.17, 15) is 22.8 Å². The molecule has 15 heteroatoms. The molecule has 0 aliphatic carbocycles. The maximum atomic E-state index is 14.2. The number of hydrogen-bond acceptors (Lipinski definition) is 9. The van der Waals surface area contributed by atoms with Gasteiger partial charge in [-0.3, -0.25) is 14.5 Å². The predicted molar refractivity (Wildman–Crippen MR) is 164 cm³/mol. The monoisotopic (exact) mass is 670 g/mol. The zero-order valence-electron chi connectivity index (χ0n) is 26.5. The van der Waals surface area contributed by atoms with Gasteiger partial charge in [-0.05, 0) is 55.3 Å². The molecule has 2 amide bonds. The van der Waals surface area contributed by atoms with E-state index in [-0.39, 0.29) is 49.4 Å². The summed E-state index contributed by atoms with van der Waals surface area (Å²) in [6.45, 7) is 3.16. The molecule has 0 N–H and O–H groups in total. The fourth-order valence-electron chi connectivity index (χ4n) is 7.03. The van der Waals surface area contributed by atoms with Gasteiger partial charge in [-0.2, -0.15) is 13.2 Å². The van der Waals surface area contributed by atoms with E-state index in [1.54, 1.807) is 22.9 Å². The van der Waals surface area contributed by atoms with Gasteiger partial charge < -0.3 is 28.7 Å². The highest BCUT2D eigenvalue weighted by Crippen LogP contribution is 2.36. The Labute approximate surface area is 275 Å². The minimum Gasteiger partial charge on any atom is -0.497 e. The first-order valence-corrected chi connectivity index (χ1v) is 16.1. The summed E-state index contributed by atoms with van der Waals surface area (Å²) in [5.74, 6) is -0.192. The molecule has 4 aliphatic heterocycles. The number of methoxy groups -OCH3 is 1. The number of piperazine rings is 1. The molecule has 4 aliphatic rings. The lowest BCUT2D eigenvalue weighted by Crippen LogP contribution is -2.62. The van der Waals surface area contributed by atoms with E-state index in [4.69, 9.17) is 18.9 Å². The summed E-state index contributed by atoms with van der Waals surface area (Å²) < 4.78 is 65.9. The molecular formula is C33H37F3N6O6. The summed E-state index contributed by atoms with van der Waals surface area (Å²) in [5.41, 5.74) is 0.120. The van der Waals surface area contributed by atoms with Crippen molar-refractivity contribution in [3.8, 4) is 17.2 Å². The fourth-order valence-corrected chi connectivity index (χ4v) is 7.03. The number of hydrogen-bond donors (Lipinski definition) is 0. The predicted octanol–water partition coefficient (Wildman–Crippen LogP) is 3.18. The molecule has 0 unspecified atom stereocenters. The molecule has 5 heterocycles. The molecule has 256 valence electrons. The summed E-state index contributed by atoms with van der Waals surface area (Å²) in [5, 5.41) is 8.37. The largest absolute Gasteiger partial charge is 0.497 e. The highest BCUT2D eigenvalue weighted by molar-refractivity contribution is 6.00. The van der Waals surface area contributed by atoms with E-state index in [0.717, 1.165) is 30.7 Å². The summed E-state index contributed by atoms with van der Waals surface area (Å²) in [7, 11) is 1.59. The maximum Gasteiger partial charge on any atom is 0.416 e. The number of halogens is 3. The van der Waals surface area contributed by atoms with Gasteiger partial charge in [-0.25, -0.2) is 4.68 Å². The molecule has 2 aromatic carbocycles. The van der Waals surface area contributed by atoms with E-state index in [1.165, 1.54) is 11.0 Å². The highest BCUT2D eigenvalue weighted by atomic mass is 19.4. The van der Waals surface area contributed by atoms with Gasteiger partial charge in [0, 0.05) is 51.9 Å². The lowest BCUT2D eigenvalue weighted by atomic mass is 10.0. The summed E-state index contributed by atoms with van der Waals surface area (Å²) in [6, 6.07) is 9.29. The van der Waals surface area contributed by atoms with Crippen LogP contribution in [0.3, 0.4) is 0 Å². The lowest BCUT2D eigenvalue weighted by Gasteiger charge is -2.46. The van der Waals surface area contributed by atoms with E-state index in [2.05, 4.69) is 15.2 Å². The summed E-state index contributed by atoms with van der Waals surface area (Å²) in [4.78, 5) is 33.7. The van der Waals surface area contributed by atoms with Crippen molar-refractivity contribution in [2.45, 2.75) is 56.3 Å². The summed E-state index contributed by atoms with van der Waals surface area (Å²) in [6.07, 6.45) is -1.53. The number of fused-ring (bicyclic) bond motifs is 3. The molecule has 3 aromatic rings. The maximum absolute atomic E-state index is 14.2. The Kier molecular flexibility index (Phi) is 9.00. The third-order valence-corrected chi connectivity index (χ3v) is 9.63. The molecule has 48 heavy (non-hydrogen) atoms. The van der Waals surface area contributed by atoms with Crippen molar-refractivity contribution in [1.82, 2.24) is 29.7 Å². The van der Waals surface area contributed by atoms with Crippen molar-refractivity contribution >= 4 is 11.8 Å². The molecule has 3 saturated heterocycles. The van der Waals surface area contributed by atoms with Gasteiger partial charge in [0.25, 0.3) is 5.91 Å². The number of rotatable bonds is 6. The molecule has 0 bridgehead atoms. The first kappa shape index (κ1) is 32.3. The minimum atomic E-state index is -4.66. The van der Waals surface area contributed by atoms with Crippen LogP contribution in [-0.4, -0.2) is 119 Å². The van der Waals surface area contributed by atoms with Crippen molar-refractivity contribution in [3.63, 3.8) is 0 Å². The van der Waals surface area contributed by atoms with Crippen molar-refractivity contribution in [2.24, 2.45) is 0 Å². The van der Waals surface area contributed by atoms with Crippen LogP contribution in [0.4, 0.5) is 13.2 Å². The highest BCUT2D eigenvalue weighted by Gasteiger charge is 2.46. The van der Waals surface area contributed by atoms with Crippen LogP contribution in [0.25, 0.3) is 5.69 Å². The molecule has 12 nitrogen and oxygen atoms in total. The Hall–Kier alpha value is -4.21. The average Bonchev–Trinajstić information content (AvgIpc) is 3.77. The van der Waals surface area contributed by atoms with E-state index >= 15 is 0 Å². The van der Waals surface area contributed by atoms with Crippen molar-refractivity contribution in [2.75, 3.05) is 53.1 Å². The Morgan fingerprint density at radius 3 is 2.52 bits per heavy atom. The molecule has 0 saturated carbocycles. The van der Waals surface area contributed by atoms with Gasteiger partial charge in [0.05, 0.1) is 48.9 Å². The number of benzene rings is 2. The third kappa shape index (κ3) is 6.58. The Morgan fingerprint density at radius 2 is 1.77 bits per heavy atom. The van der Waals surface area contributed by atoms with Crippen molar-refractivity contribution < 1.29 is 41.7 Å². The average molecular weight is 671 g/mol. The van der Waals surface area contributed by atoms with Crippen LogP contribution in [0.1, 0.15) is 40.9 Å². The molecule has 0 radical (unpaired) electrons. The smallest absolute Gasteiger partial charge is 0.416 e. The van der Waals surface area contributed by atoms with Gasteiger partial charge in [0.15, 0.2) is 0 Å². The summed E-state index contributed by atoms with van der Waals surface area (Å²) >= 11 is 0. The number of amides is 2. The number of carbonyl (C=O) groups excluding carboxylic acids is 2. The van der Waals surface area contributed by atoms with E-state index in [0.29, 0.717) is 50.3 Å². The third-order valence-electron chi connectivity index (χ3n) is 9.63. The van der Waals surface area contributed by atoms with Gasteiger partial charge >= 0.3 is 6.18 Å². The second-order valence-electron chi connectivity index (χ2n) is 12.5. The fraction of sp³-hybridized carbons (Fsp3) is 0.515. The van der Waals surface area contributed by atoms with Crippen LogP contribution in [0.15, 0.2) is 48.7 Å². The normalized spacial score (nSPS) is 24.1. The van der Waals surface area contributed by atoms with Crippen LogP contribution >= 0.6 is 0 Å². The molecular weight excluding hydrogens is 633 g/mol. The van der Waals surface area contributed by atoms with Gasteiger partial charge in [0.1, 0.15) is 29.8 Å². The van der Waals surface area contributed by atoms with Gasteiger partial charge in [-0.15, -0.1) is 5.10 Å². The Balaban J connectivity index is 1.13. The second-order valence-corrected chi connectivity index (χ2v) is 12.5. The first-order valence-electron chi connectivity index (χ1n) is 16.1. The van der Waals surface area contributed by atoms with Crippen LogP contribution in [0.5, 0.6) is 11.5 Å². The van der Waals surface area contributed by atoms with Crippen molar-refractivity contribution in [3.05, 3.63) is 65.5 Å². The number of ether oxygens (including phenoxy) is 4. The van der Waals surface area contributed by atoms with Crippen LogP contribution in [0, 0.1) is 0 Å². The van der Waals surface area contributed by atoms with Crippen LogP contribution < -0.4 is 9.47 Å². The van der Waals surface area contributed by atoms with Crippen LogP contribution in [-0.2, 0) is 27.1 Å². The molecule has 0 spiro atoms. The lowest BCUT2D eigenvalue weighted by molar-refractivity contribution is -0.143. The number of nitrogens with zero attached hydrogens (tertiary/aromatic N) is 6. The Morgan fingerprint density at radius 1 is 0.979 bits per heavy atom. The first-order chi connectivity index (χ1) is 23.2. The number of alkyl halides is 3. The van der Waals surface area contributed by atoms with E-state index < -0.39 is 29.8 Å². The zero-order valence-corrected chi connectivity index (χ0v) is 26.5. The van der Waals surface area contributed by atoms with Gasteiger partial charge in [0.2, 0.25) is 5.91 Å². The van der Waals surface area contributed by atoms with Gasteiger partial charge in [-0.1, -0.05) is 5.21 Å². The number of aromatic nitrogens is 3. The number of carbonyl (C=O) groups is 2. The molecule has 3 fully saturated rings. The van der Waals surface area contributed by atoms with Crippen LogP contribution in [0.2, 0.25) is 0 Å². The van der Waals surface area contributed by atoms with E-state index in [1.807, 2.05) is 24.3 Å². The Bertz CT molecular complexity index is 1630. The zero-order chi connectivity index (χ0) is 33.4. The minimum absolute atomic E-state index is 0.0181. The topological polar surface area (TPSA) is 111 Å². The molecule has 7 rings (SSSR count).